The van der Waals surface area contributed by atoms with Crippen LogP contribution in [0.25, 0.3) is 5.00 Å². The van der Waals surface area contributed by atoms with Crippen molar-refractivity contribution in [3.63, 3.8) is 0 Å². The fraction of sp³-hybridized carbons (Fsp3) is 0.300. The van der Waals surface area contributed by atoms with E-state index in [0.717, 1.165) is 27.7 Å². The van der Waals surface area contributed by atoms with Crippen LogP contribution in [0, 0.1) is 20.8 Å². The van der Waals surface area contributed by atoms with Gasteiger partial charge in [0.2, 0.25) is 0 Å². The zero-order valence-corrected chi connectivity index (χ0v) is 18.4. The summed E-state index contributed by atoms with van der Waals surface area (Å²) in [4.78, 5) is 18.5. The van der Waals surface area contributed by atoms with Crippen LogP contribution in [0.4, 0.5) is 0 Å². The summed E-state index contributed by atoms with van der Waals surface area (Å²) in [6.45, 7) is 6.16. The smallest absolute Gasteiger partial charge is 0.191 e. The standard InChI is InChI=1S/C20H19ClN4OS2/c1-10-11(2)28-20-17(10)18(13-5-7-14(21)8-6-13)22-15(9-16(26)27-4)19-24-23-12(3)25(19)20/h5-8,15H,9H2,1-4H3/t15-/m0/s1. The lowest BCUT2D eigenvalue weighted by Gasteiger charge is -2.11. The van der Waals surface area contributed by atoms with Gasteiger partial charge in [-0.05, 0) is 44.7 Å². The normalized spacial score (nSPS) is 15.6. The number of halogens is 1. The monoisotopic (exact) mass is 430 g/mol. The molecule has 1 atom stereocenters. The molecule has 0 radical (unpaired) electrons. The maximum Gasteiger partial charge on any atom is 0.191 e. The first kappa shape index (κ1) is 19.4. The first-order valence-corrected chi connectivity index (χ1v) is 11.3. The SMILES string of the molecule is CSC(=O)C[C@@H]1N=C(c2ccc(Cl)cc2)c2c(sc(C)c2C)-n2c(C)nnc21. The van der Waals surface area contributed by atoms with E-state index in [1.807, 2.05) is 31.2 Å². The number of hydrogen-bond donors (Lipinski definition) is 0. The van der Waals surface area contributed by atoms with Gasteiger partial charge in [-0.15, -0.1) is 21.5 Å². The predicted octanol–water partition coefficient (Wildman–Crippen LogP) is 5.08. The molecule has 0 saturated heterocycles. The van der Waals surface area contributed by atoms with Gasteiger partial charge in [0.05, 0.1) is 5.71 Å². The molecule has 0 aliphatic carbocycles. The number of aryl methyl sites for hydroxylation is 2. The number of carbonyl (C=O) groups excluding carboxylic acids is 1. The van der Waals surface area contributed by atoms with E-state index in [9.17, 15) is 4.79 Å². The third kappa shape index (κ3) is 3.21. The number of aliphatic imine (C=N–C) groups is 1. The highest BCUT2D eigenvalue weighted by atomic mass is 35.5. The van der Waals surface area contributed by atoms with Crippen LogP contribution in [0.2, 0.25) is 5.02 Å². The number of aromatic nitrogens is 3. The highest BCUT2D eigenvalue weighted by molar-refractivity contribution is 8.13. The zero-order chi connectivity index (χ0) is 20.0. The second-order valence-electron chi connectivity index (χ2n) is 6.68. The van der Waals surface area contributed by atoms with Crippen LogP contribution in [-0.4, -0.2) is 31.8 Å². The second-order valence-corrected chi connectivity index (χ2v) is 9.19. The van der Waals surface area contributed by atoms with Crippen molar-refractivity contribution < 1.29 is 4.79 Å². The van der Waals surface area contributed by atoms with Crippen molar-refractivity contribution in [2.24, 2.45) is 4.99 Å². The fourth-order valence-corrected chi connectivity index (χ4v) is 5.04. The number of thiophene rings is 1. The number of fused-ring (bicyclic) bond motifs is 3. The molecule has 0 spiro atoms. The van der Waals surface area contributed by atoms with E-state index in [2.05, 4.69) is 28.6 Å². The molecule has 144 valence electrons. The van der Waals surface area contributed by atoms with Crippen LogP contribution in [0.1, 0.15) is 45.7 Å². The van der Waals surface area contributed by atoms with Crippen LogP contribution < -0.4 is 0 Å². The first-order valence-electron chi connectivity index (χ1n) is 8.84. The van der Waals surface area contributed by atoms with Crippen molar-refractivity contribution in [3.05, 3.63) is 62.5 Å². The number of nitrogens with zero attached hydrogens (tertiary/aromatic N) is 4. The Balaban J connectivity index is 2.01. The molecule has 0 amide bonds. The zero-order valence-electron chi connectivity index (χ0n) is 16.0. The molecule has 5 nitrogen and oxygen atoms in total. The van der Waals surface area contributed by atoms with Crippen molar-refractivity contribution in [2.75, 3.05) is 6.26 Å². The number of thioether (sulfide) groups is 1. The van der Waals surface area contributed by atoms with Crippen LogP contribution in [0.15, 0.2) is 29.3 Å². The maximum atomic E-state index is 12.3. The Morgan fingerprint density at radius 2 is 1.93 bits per heavy atom. The van der Waals surface area contributed by atoms with Gasteiger partial charge >= 0.3 is 0 Å². The Kier molecular flexibility index (Phi) is 5.16. The van der Waals surface area contributed by atoms with Crippen molar-refractivity contribution in [1.29, 1.82) is 0 Å². The van der Waals surface area contributed by atoms with Gasteiger partial charge in [-0.25, -0.2) is 0 Å². The molecular weight excluding hydrogens is 412 g/mol. The second kappa shape index (κ2) is 7.46. The average Bonchev–Trinajstić information content (AvgIpc) is 3.15. The molecule has 0 bridgehead atoms. The van der Waals surface area contributed by atoms with E-state index in [-0.39, 0.29) is 17.6 Å². The first-order chi connectivity index (χ1) is 13.4. The van der Waals surface area contributed by atoms with Gasteiger partial charge < -0.3 is 0 Å². The van der Waals surface area contributed by atoms with E-state index in [4.69, 9.17) is 16.6 Å². The fourth-order valence-electron chi connectivity index (χ4n) is 3.37. The molecule has 4 rings (SSSR count). The summed E-state index contributed by atoms with van der Waals surface area (Å²) in [6.07, 6.45) is 2.08. The van der Waals surface area contributed by atoms with E-state index in [1.165, 1.54) is 22.2 Å². The number of carbonyl (C=O) groups is 1. The summed E-state index contributed by atoms with van der Waals surface area (Å²) in [6, 6.07) is 7.30. The van der Waals surface area contributed by atoms with Gasteiger partial charge in [0.25, 0.3) is 0 Å². The number of hydrogen-bond acceptors (Lipinski definition) is 6. The van der Waals surface area contributed by atoms with Gasteiger partial charge in [-0.3, -0.25) is 14.4 Å². The lowest BCUT2D eigenvalue weighted by molar-refractivity contribution is -0.111. The molecule has 1 aromatic carbocycles. The minimum absolute atomic E-state index is 0.0783. The van der Waals surface area contributed by atoms with Crippen molar-refractivity contribution >= 4 is 45.5 Å². The quantitative estimate of drug-likeness (QED) is 0.581. The summed E-state index contributed by atoms with van der Waals surface area (Å²) in [5, 5.41) is 10.5. The maximum absolute atomic E-state index is 12.3. The molecule has 0 N–H and O–H groups in total. The van der Waals surface area contributed by atoms with Crippen molar-refractivity contribution in [3.8, 4) is 5.00 Å². The molecule has 0 fully saturated rings. The van der Waals surface area contributed by atoms with E-state index in [0.29, 0.717) is 10.8 Å². The summed E-state index contributed by atoms with van der Waals surface area (Å²) in [5.74, 6) is 1.51. The van der Waals surface area contributed by atoms with Gasteiger partial charge in [-0.2, -0.15) is 0 Å². The van der Waals surface area contributed by atoms with E-state index < -0.39 is 0 Å². The van der Waals surface area contributed by atoms with Crippen molar-refractivity contribution in [1.82, 2.24) is 14.8 Å². The minimum atomic E-state index is -0.383. The summed E-state index contributed by atoms with van der Waals surface area (Å²) >= 11 is 9.03. The Morgan fingerprint density at radius 1 is 1.21 bits per heavy atom. The molecule has 3 heterocycles. The van der Waals surface area contributed by atoms with Gasteiger partial charge in [-0.1, -0.05) is 35.5 Å². The number of benzene rings is 1. The Morgan fingerprint density at radius 3 is 2.61 bits per heavy atom. The van der Waals surface area contributed by atoms with Gasteiger partial charge in [0.15, 0.2) is 10.9 Å². The Hall–Kier alpha value is -1.96. The van der Waals surface area contributed by atoms with Crippen molar-refractivity contribution in [2.45, 2.75) is 33.2 Å². The third-order valence-corrected chi connectivity index (χ3v) is 7.01. The molecule has 3 aromatic rings. The predicted molar refractivity (Wildman–Crippen MR) is 116 cm³/mol. The molecule has 8 heteroatoms. The van der Waals surface area contributed by atoms with Crippen LogP contribution in [-0.2, 0) is 4.79 Å². The number of rotatable bonds is 3. The molecule has 0 unspecified atom stereocenters. The van der Waals surface area contributed by atoms with E-state index in [1.54, 1.807) is 17.6 Å². The van der Waals surface area contributed by atoms with Crippen LogP contribution in [0.3, 0.4) is 0 Å². The molecular formula is C20H19ClN4OS2. The molecule has 1 aliphatic heterocycles. The average molecular weight is 431 g/mol. The third-order valence-electron chi connectivity index (χ3n) is 4.94. The topological polar surface area (TPSA) is 60.1 Å². The summed E-state index contributed by atoms with van der Waals surface area (Å²) in [5.41, 5.74) is 4.11. The Labute approximate surface area is 176 Å². The Bertz CT molecular complexity index is 1100. The minimum Gasteiger partial charge on any atom is -0.287 e. The lowest BCUT2D eigenvalue weighted by Crippen LogP contribution is -2.09. The van der Waals surface area contributed by atoms with Gasteiger partial charge in [0.1, 0.15) is 16.9 Å². The molecule has 2 aromatic heterocycles. The highest BCUT2D eigenvalue weighted by Crippen LogP contribution is 2.39. The van der Waals surface area contributed by atoms with Crippen LogP contribution >= 0.6 is 34.7 Å². The molecule has 1 aliphatic rings. The summed E-state index contributed by atoms with van der Waals surface area (Å²) in [7, 11) is 0. The highest BCUT2D eigenvalue weighted by Gasteiger charge is 2.32. The van der Waals surface area contributed by atoms with E-state index >= 15 is 0 Å². The largest absolute Gasteiger partial charge is 0.287 e. The molecule has 0 saturated carbocycles. The van der Waals surface area contributed by atoms with Gasteiger partial charge in [0, 0.05) is 27.4 Å². The van der Waals surface area contributed by atoms with Crippen LogP contribution in [0.5, 0.6) is 0 Å². The molecule has 28 heavy (non-hydrogen) atoms. The summed E-state index contributed by atoms with van der Waals surface area (Å²) < 4.78 is 2.06. The lowest BCUT2D eigenvalue weighted by atomic mass is 10.00.